The third-order valence-corrected chi connectivity index (χ3v) is 11.1. The van der Waals surface area contributed by atoms with Gasteiger partial charge in [0, 0.05) is 19.8 Å². The van der Waals surface area contributed by atoms with Crippen molar-refractivity contribution < 1.29 is 4.74 Å². The molecule has 0 bridgehead atoms. The molecule has 0 aromatic rings. The van der Waals surface area contributed by atoms with Crippen LogP contribution in [0.3, 0.4) is 0 Å². The van der Waals surface area contributed by atoms with Gasteiger partial charge in [0.25, 0.3) is 0 Å². The van der Waals surface area contributed by atoms with E-state index < -0.39 is 7.26 Å². The zero-order valence-electron chi connectivity index (χ0n) is 11.1. The van der Waals surface area contributed by atoms with E-state index in [1.807, 2.05) is 7.11 Å². The summed E-state index contributed by atoms with van der Waals surface area (Å²) in [6, 6.07) is 0. The Morgan fingerprint density at radius 1 is 1.14 bits per heavy atom. The molecule has 0 aromatic carbocycles. The molecule has 2 heteroatoms. The lowest BCUT2D eigenvalue weighted by molar-refractivity contribution is 0.119. The molecule has 0 saturated carbocycles. The van der Waals surface area contributed by atoms with Crippen molar-refractivity contribution in [1.82, 2.24) is 0 Å². The van der Waals surface area contributed by atoms with Crippen molar-refractivity contribution in [2.24, 2.45) is 5.41 Å². The first-order valence-corrected chi connectivity index (χ1v) is 8.08. The molecule has 1 fully saturated rings. The molecule has 0 aromatic heterocycles. The summed E-state index contributed by atoms with van der Waals surface area (Å²) in [6.07, 6.45) is 0. The molecule has 1 nitrogen and oxygen atoms in total. The van der Waals surface area contributed by atoms with Crippen LogP contribution >= 0.6 is 7.26 Å². The number of rotatable bonds is 2. The van der Waals surface area contributed by atoms with E-state index in [1.165, 1.54) is 0 Å². The number of hydrogen-bond donors (Lipinski definition) is 0. The Morgan fingerprint density at radius 3 is 1.57 bits per heavy atom. The Labute approximate surface area is 89.9 Å². The van der Waals surface area contributed by atoms with Crippen LogP contribution in [0.1, 0.15) is 34.6 Å². The molecule has 1 rings (SSSR count). The molecule has 14 heavy (non-hydrogen) atoms. The maximum absolute atomic E-state index is 5.49. The summed E-state index contributed by atoms with van der Waals surface area (Å²) in [5.74, 6) is 0. The smallest absolute Gasteiger partial charge is 0.146 e. The van der Waals surface area contributed by atoms with Gasteiger partial charge in [0.05, 0.1) is 19.9 Å². The van der Waals surface area contributed by atoms with Gasteiger partial charge in [0.1, 0.15) is 10.3 Å². The Balaban J connectivity index is 3.13. The zero-order valence-corrected chi connectivity index (χ0v) is 12.0. The largest absolute Gasteiger partial charge is 0.380 e. The fourth-order valence-corrected chi connectivity index (χ4v) is 9.45. The van der Waals surface area contributed by atoms with Crippen molar-refractivity contribution in [3.8, 4) is 0 Å². The van der Waals surface area contributed by atoms with Crippen LogP contribution in [0.2, 0.25) is 0 Å². The SMILES string of the molecule is COCC1(C(C)(C)C)C(C)(C)[P+]1(C)C. The van der Waals surface area contributed by atoms with E-state index in [1.54, 1.807) is 0 Å². The maximum atomic E-state index is 5.49. The van der Waals surface area contributed by atoms with Crippen molar-refractivity contribution in [3.63, 3.8) is 0 Å². The average Bonchev–Trinajstić information content (AvgIpc) is 2.27. The van der Waals surface area contributed by atoms with Crippen LogP contribution in [0.15, 0.2) is 0 Å². The predicted octanol–water partition coefficient (Wildman–Crippen LogP) is 3.49. The maximum Gasteiger partial charge on any atom is 0.146 e. The highest BCUT2D eigenvalue weighted by molar-refractivity contribution is 7.85. The van der Waals surface area contributed by atoms with Crippen molar-refractivity contribution in [1.29, 1.82) is 0 Å². The molecular weight excluding hydrogens is 191 g/mol. The van der Waals surface area contributed by atoms with E-state index in [9.17, 15) is 0 Å². The topological polar surface area (TPSA) is 9.23 Å². The highest BCUT2D eigenvalue weighted by atomic mass is 31.2. The molecule has 1 heterocycles. The van der Waals surface area contributed by atoms with Crippen LogP contribution in [-0.2, 0) is 4.74 Å². The highest BCUT2D eigenvalue weighted by Gasteiger charge is 2.89. The molecule has 0 radical (unpaired) electrons. The molecule has 1 aliphatic heterocycles. The summed E-state index contributed by atoms with van der Waals surface area (Å²) in [5, 5.41) is 0.899. The van der Waals surface area contributed by atoms with Gasteiger partial charge in [-0.05, 0) is 13.8 Å². The summed E-state index contributed by atoms with van der Waals surface area (Å²) < 4.78 is 5.49. The monoisotopic (exact) mass is 217 g/mol. The second kappa shape index (κ2) is 2.95. The normalized spacial score (nSPS) is 34.3. The van der Waals surface area contributed by atoms with Crippen LogP contribution in [-0.4, -0.2) is 37.4 Å². The molecular formula is C12H26OP+. The lowest BCUT2D eigenvalue weighted by atomic mass is 9.75. The molecule has 84 valence electrons. The lowest BCUT2D eigenvalue weighted by Crippen LogP contribution is -2.39. The molecule has 1 atom stereocenters. The quantitative estimate of drug-likeness (QED) is 0.643. The van der Waals surface area contributed by atoms with Gasteiger partial charge in [-0.25, -0.2) is 0 Å². The Bertz CT molecular complexity index is 221. The fourth-order valence-electron chi connectivity index (χ4n) is 3.79. The Kier molecular flexibility index (Phi) is 2.63. The van der Waals surface area contributed by atoms with Crippen molar-refractivity contribution in [2.75, 3.05) is 27.0 Å². The van der Waals surface area contributed by atoms with Crippen LogP contribution in [0.4, 0.5) is 0 Å². The lowest BCUT2D eigenvalue weighted by Gasteiger charge is -2.29. The molecule has 0 N–H and O–H groups in total. The summed E-state index contributed by atoms with van der Waals surface area (Å²) in [5.41, 5.74) is 0.351. The first kappa shape index (κ1) is 12.5. The molecule has 0 amide bonds. The van der Waals surface area contributed by atoms with Crippen molar-refractivity contribution in [2.45, 2.75) is 44.9 Å². The summed E-state index contributed by atoms with van der Waals surface area (Å²) >= 11 is 0. The number of hydrogen-bond acceptors (Lipinski definition) is 1. The van der Waals surface area contributed by atoms with Gasteiger partial charge in [0.2, 0.25) is 0 Å². The van der Waals surface area contributed by atoms with Gasteiger partial charge in [-0.2, -0.15) is 0 Å². The second-order valence-electron chi connectivity index (χ2n) is 6.56. The number of ether oxygens (including phenoxy) is 1. The second-order valence-corrected chi connectivity index (χ2v) is 11.3. The van der Waals surface area contributed by atoms with Gasteiger partial charge in [-0.3, -0.25) is 0 Å². The third-order valence-electron chi connectivity index (χ3n) is 4.91. The van der Waals surface area contributed by atoms with Crippen LogP contribution < -0.4 is 0 Å². The van der Waals surface area contributed by atoms with Crippen LogP contribution in [0.25, 0.3) is 0 Å². The minimum absolute atomic E-state index is 0.351. The fraction of sp³-hybridized carbons (Fsp3) is 1.00. The van der Waals surface area contributed by atoms with Crippen LogP contribution in [0.5, 0.6) is 0 Å². The van der Waals surface area contributed by atoms with Crippen molar-refractivity contribution in [3.05, 3.63) is 0 Å². The zero-order chi connectivity index (χ0) is 11.4. The predicted molar refractivity (Wildman–Crippen MR) is 66.9 cm³/mol. The minimum atomic E-state index is -0.846. The molecule has 0 aliphatic carbocycles. The van der Waals surface area contributed by atoms with Gasteiger partial charge >= 0.3 is 0 Å². The average molecular weight is 217 g/mol. The van der Waals surface area contributed by atoms with E-state index in [2.05, 4.69) is 47.9 Å². The third kappa shape index (κ3) is 1.09. The first-order chi connectivity index (χ1) is 6.06. The number of methoxy groups -OCH3 is 1. The Hall–Kier alpha value is 0.390. The van der Waals surface area contributed by atoms with Gasteiger partial charge in [-0.15, -0.1) is 0 Å². The van der Waals surface area contributed by atoms with Gasteiger partial charge in [-0.1, -0.05) is 20.8 Å². The van der Waals surface area contributed by atoms with Gasteiger partial charge in [0.15, 0.2) is 0 Å². The van der Waals surface area contributed by atoms with Gasteiger partial charge < -0.3 is 4.74 Å². The molecule has 1 saturated heterocycles. The first-order valence-electron chi connectivity index (χ1n) is 5.39. The summed E-state index contributed by atoms with van der Waals surface area (Å²) in [4.78, 5) is 0. The standard InChI is InChI=1S/C12H26OP/c1-10(2,3)12(9-13-6)11(4,5)14(12,7)8/h9H2,1-8H3/q+1. The highest BCUT2D eigenvalue weighted by Crippen LogP contribution is 2.96. The van der Waals surface area contributed by atoms with E-state index >= 15 is 0 Å². The Morgan fingerprint density at radius 2 is 1.50 bits per heavy atom. The van der Waals surface area contributed by atoms with E-state index in [-0.39, 0.29) is 0 Å². The minimum Gasteiger partial charge on any atom is -0.380 e. The van der Waals surface area contributed by atoms with Crippen LogP contribution in [0, 0.1) is 5.41 Å². The molecule has 1 aliphatic rings. The van der Waals surface area contributed by atoms with E-state index in [0.717, 1.165) is 6.61 Å². The summed E-state index contributed by atoms with van der Waals surface area (Å²) in [6.45, 7) is 17.8. The summed E-state index contributed by atoms with van der Waals surface area (Å²) in [7, 11) is 0.989. The molecule has 1 unspecified atom stereocenters. The van der Waals surface area contributed by atoms with E-state index in [4.69, 9.17) is 4.74 Å². The van der Waals surface area contributed by atoms with E-state index in [0.29, 0.717) is 15.7 Å². The van der Waals surface area contributed by atoms with Crippen molar-refractivity contribution >= 4 is 7.26 Å². The molecule has 0 spiro atoms.